The molecule has 2 fully saturated rings. The Morgan fingerprint density at radius 3 is 2.40 bits per heavy atom. The molecule has 1 atom stereocenters. The summed E-state index contributed by atoms with van der Waals surface area (Å²) in [6.07, 6.45) is 0.216. The molecular weight excluding hydrogens is 252 g/mol. The van der Waals surface area contributed by atoms with Crippen LogP contribution in [0, 0.1) is 0 Å². The van der Waals surface area contributed by atoms with Crippen LogP contribution in [0.4, 0.5) is 5.69 Å². The van der Waals surface area contributed by atoms with Crippen LogP contribution in [-0.4, -0.2) is 56.1 Å². The smallest absolute Gasteiger partial charge is 0.163 e. The van der Waals surface area contributed by atoms with Gasteiger partial charge in [-0.15, -0.1) is 0 Å². The van der Waals surface area contributed by atoms with Gasteiger partial charge < -0.3 is 14.4 Å². The van der Waals surface area contributed by atoms with Gasteiger partial charge in [0, 0.05) is 38.4 Å². The molecular formula is C16H24N2O2. The molecule has 0 unspecified atom stereocenters. The summed E-state index contributed by atoms with van der Waals surface area (Å²) in [6.45, 7) is 10.0. The van der Waals surface area contributed by atoms with Gasteiger partial charge in [-0.2, -0.15) is 0 Å². The minimum atomic E-state index is -0.406. The Bertz CT molecular complexity index is 427. The van der Waals surface area contributed by atoms with Crippen molar-refractivity contribution in [2.75, 3.05) is 44.2 Å². The molecule has 2 aliphatic rings. The minimum absolute atomic E-state index is 0.216. The summed E-state index contributed by atoms with van der Waals surface area (Å²) in [7, 11) is 0. The van der Waals surface area contributed by atoms with E-state index in [-0.39, 0.29) is 6.10 Å². The molecule has 1 aromatic carbocycles. The second-order valence-electron chi connectivity index (χ2n) is 6.07. The van der Waals surface area contributed by atoms with Gasteiger partial charge in [0.15, 0.2) is 5.79 Å². The quantitative estimate of drug-likeness (QED) is 0.842. The molecule has 0 amide bonds. The van der Waals surface area contributed by atoms with Gasteiger partial charge in [0.1, 0.15) is 0 Å². The van der Waals surface area contributed by atoms with Crippen LogP contribution in [0.2, 0.25) is 0 Å². The van der Waals surface area contributed by atoms with E-state index in [2.05, 4.69) is 40.1 Å². The van der Waals surface area contributed by atoms with E-state index >= 15 is 0 Å². The summed E-state index contributed by atoms with van der Waals surface area (Å²) in [5.74, 6) is -0.406. The first-order valence-electron chi connectivity index (χ1n) is 7.46. The van der Waals surface area contributed by atoms with E-state index in [0.29, 0.717) is 6.61 Å². The van der Waals surface area contributed by atoms with Crippen LogP contribution in [0.25, 0.3) is 0 Å². The van der Waals surface area contributed by atoms with Gasteiger partial charge in [-0.3, -0.25) is 4.90 Å². The average Bonchev–Trinajstić information content (AvgIpc) is 2.80. The highest BCUT2D eigenvalue weighted by atomic mass is 16.7. The Balaban J connectivity index is 1.47. The van der Waals surface area contributed by atoms with Gasteiger partial charge in [-0.05, 0) is 26.0 Å². The van der Waals surface area contributed by atoms with Crippen LogP contribution in [0.1, 0.15) is 13.8 Å². The third kappa shape index (κ3) is 3.32. The number of hydrogen-bond acceptors (Lipinski definition) is 4. The molecule has 2 aliphatic heterocycles. The Labute approximate surface area is 121 Å². The summed E-state index contributed by atoms with van der Waals surface area (Å²) in [6, 6.07) is 10.7. The number of nitrogens with zero attached hydrogens (tertiary/aromatic N) is 2. The van der Waals surface area contributed by atoms with Crippen molar-refractivity contribution >= 4 is 5.69 Å². The van der Waals surface area contributed by atoms with E-state index in [1.54, 1.807) is 0 Å². The first-order valence-corrected chi connectivity index (χ1v) is 7.46. The molecule has 0 spiro atoms. The second kappa shape index (κ2) is 5.72. The number of anilines is 1. The van der Waals surface area contributed by atoms with Gasteiger partial charge in [0.25, 0.3) is 0 Å². The first-order chi connectivity index (χ1) is 9.62. The maximum Gasteiger partial charge on any atom is 0.163 e. The molecule has 1 aromatic rings. The maximum atomic E-state index is 5.89. The van der Waals surface area contributed by atoms with Gasteiger partial charge in [0.05, 0.1) is 12.7 Å². The lowest BCUT2D eigenvalue weighted by Gasteiger charge is -2.37. The van der Waals surface area contributed by atoms with Gasteiger partial charge in [-0.1, -0.05) is 18.2 Å². The van der Waals surface area contributed by atoms with E-state index in [1.165, 1.54) is 5.69 Å². The Morgan fingerprint density at radius 2 is 1.80 bits per heavy atom. The van der Waals surface area contributed by atoms with Crippen LogP contribution in [-0.2, 0) is 9.47 Å². The van der Waals surface area contributed by atoms with E-state index in [0.717, 1.165) is 32.7 Å². The third-order valence-electron chi connectivity index (χ3n) is 4.02. The van der Waals surface area contributed by atoms with Crippen LogP contribution >= 0.6 is 0 Å². The summed E-state index contributed by atoms with van der Waals surface area (Å²) >= 11 is 0. The van der Waals surface area contributed by atoms with E-state index in [9.17, 15) is 0 Å². The maximum absolute atomic E-state index is 5.89. The summed E-state index contributed by atoms with van der Waals surface area (Å²) in [5.41, 5.74) is 1.33. The molecule has 110 valence electrons. The molecule has 3 rings (SSSR count). The fourth-order valence-corrected chi connectivity index (χ4v) is 2.97. The van der Waals surface area contributed by atoms with Crippen LogP contribution in [0.5, 0.6) is 0 Å². The minimum Gasteiger partial charge on any atom is -0.369 e. The number of para-hydroxylation sites is 1. The highest BCUT2D eigenvalue weighted by molar-refractivity contribution is 5.46. The van der Waals surface area contributed by atoms with Crippen molar-refractivity contribution in [3.8, 4) is 0 Å². The second-order valence-corrected chi connectivity index (χ2v) is 6.07. The zero-order chi connectivity index (χ0) is 14.0. The van der Waals surface area contributed by atoms with Crippen molar-refractivity contribution in [2.45, 2.75) is 25.7 Å². The van der Waals surface area contributed by atoms with E-state index in [1.807, 2.05) is 13.8 Å². The highest BCUT2D eigenvalue weighted by Crippen LogP contribution is 2.23. The predicted octanol–water partition coefficient (Wildman–Crippen LogP) is 1.96. The number of hydrogen-bond donors (Lipinski definition) is 0. The van der Waals surface area contributed by atoms with Gasteiger partial charge >= 0.3 is 0 Å². The molecule has 2 saturated heterocycles. The van der Waals surface area contributed by atoms with Crippen molar-refractivity contribution in [1.29, 1.82) is 0 Å². The molecule has 4 heteroatoms. The van der Waals surface area contributed by atoms with Crippen molar-refractivity contribution < 1.29 is 9.47 Å². The topological polar surface area (TPSA) is 24.9 Å². The highest BCUT2D eigenvalue weighted by Gasteiger charge is 2.34. The van der Waals surface area contributed by atoms with Crippen LogP contribution in [0.3, 0.4) is 0 Å². The molecule has 0 aromatic heterocycles. The van der Waals surface area contributed by atoms with Crippen molar-refractivity contribution in [3.05, 3.63) is 30.3 Å². The molecule has 0 saturated carbocycles. The van der Waals surface area contributed by atoms with E-state index in [4.69, 9.17) is 9.47 Å². The lowest BCUT2D eigenvalue weighted by atomic mass is 10.2. The van der Waals surface area contributed by atoms with Gasteiger partial charge in [-0.25, -0.2) is 0 Å². The molecule has 0 radical (unpaired) electrons. The van der Waals surface area contributed by atoms with E-state index < -0.39 is 5.79 Å². The standard InChI is InChI=1S/C16H24N2O2/c1-16(2)19-13-15(20-16)12-17-8-10-18(11-9-17)14-6-4-3-5-7-14/h3-7,15H,8-13H2,1-2H3/t15-/m0/s1. The lowest BCUT2D eigenvalue weighted by molar-refractivity contribution is -0.140. The zero-order valence-electron chi connectivity index (χ0n) is 12.4. The molecule has 20 heavy (non-hydrogen) atoms. The fraction of sp³-hybridized carbons (Fsp3) is 0.625. The molecule has 0 bridgehead atoms. The SMILES string of the molecule is CC1(C)OC[C@H](CN2CCN(c3ccccc3)CC2)O1. The molecule has 0 aliphatic carbocycles. The lowest BCUT2D eigenvalue weighted by Crippen LogP contribution is -2.49. The monoisotopic (exact) mass is 276 g/mol. The first kappa shape index (κ1) is 13.9. The summed E-state index contributed by atoms with van der Waals surface area (Å²) in [4.78, 5) is 4.93. The number of benzene rings is 1. The van der Waals surface area contributed by atoms with Crippen LogP contribution < -0.4 is 4.90 Å². The Hall–Kier alpha value is -1.10. The molecule has 0 N–H and O–H groups in total. The average molecular weight is 276 g/mol. The normalized spacial score (nSPS) is 26.9. The molecule has 2 heterocycles. The largest absolute Gasteiger partial charge is 0.369 e. The predicted molar refractivity (Wildman–Crippen MR) is 80.0 cm³/mol. The summed E-state index contributed by atoms with van der Waals surface area (Å²) in [5, 5.41) is 0. The number of rotatable bonds is 3. The van der Waals surface area contributed by atoms with Crippen molar-refractivity contribution in [3.63, 3.8) is 0 Å². The third-order valence-corrected chi connectivity index (χ3v) is 4.02. The van der Waals surface area contributed by atoms with Crippen molar-refractivity contribution in [2.24, 2.45) is 0 Å². The van der Waals surface area contributed by atoms with Crippen molar-refractivity contribution in [1.82, 2.24) is 4.90 Å². The number of piperazine rings is 1. The number of ether oxygens (including phenoxy) is 2. The Kier molecular flexibility index (Phi) is 3.96. The molecule has 4 nitrogen and oxygen atoms in total. The van der Waals surface area contributed by atoms with Gasteiger partial charge in [0.2, 0.25) is 0 Å². The Morgan fingerprint density at radius 1 is 1.10 bits per heavy atom. The summed E-state index contributed by atoms with van der Waals surface area (Å²) < 4.78 is 11.5. The zero-order valence-corrected chi connectivity index (χ0v) is 12.4. The van der Waals surface area contributed by atoms with Crippen LogP contribution in [0.15, 0.2) is 30.3 Å². The fourth-order valence-electron chi connectivity index (χ4n) is 2.97.